The van der Waals surface area contributed by atoms with Gasteiger partial charge in [-0.25, -0.2) is 8.78 Å². The summed E-state index contributed by atoms with van der Waals surface area (Å²) in [5.41, 5.74) is -3.99. The second-order valence-corrected chi connectivity index (χ2v) is 5.80. The third-order valence-electron chi connectivity index (χ3n) is 4.20. The zero-order chi connectivity index (χ0) is 18.7. The number of fused-ring (bicyclic) bond motifs is 1. The fraction of sp³-hybridized carbons (Fsp3) is 0.692. The predicted molar refractivity (Wildman–Crippen MR) is 64.4 cm³/mol. The lowest BCUT2D eigenvalue weighted by Gasteiger charge is -2.31. The lowest BCUT2D eigenvalue weighted by molar-refractivity contribution is -0.235. The molecule has 0 bridgehead atoms. The Morgan fingerprint density at radius 1 is 1.08 bits per heavy atom. The van der Waals surface area contributed by atoms with Gasteiger partial charge in [-0.2, -0.15) is 31.4 Å². The highest BCUT2D eigenvalue weighted by molar-refractivity contribution is 6.05. The third-order valence-corrected chi connectivity index (χ3v) is 4.20. The second kappa shape index (κ2) is 5.64. The molecule has 0 N–H and O–H groups in total. The number of rotatable bonds is 1. The van der Waals surface area contributed by atoms with Gasteiger partial charge in [0.15, 0.2) is 24.1 Å². The number of carbonyl (C=O) groups is 1. The lowest BCUT2D eigenvalue weighted by atomic mass is 10.0. The predicted octanol–water partition coefficient (Wildman–Crippen LogP) is 3.73. The van der Waals surface area contributed by atoms with Gasteiger partial charge >= 0.3 is 12.4 Å². The topological polar surface area (TPSA) is 44.1 Å². The number of aromatic nitrogens is 2. The molecular weight excluding hydrogens is 368 g/mol. The molecule has 1 aliphatic heterocycles. The SMILES string of the molecule is O=C1c2c(C(F)(F)F)nn([C@H]3CCO[C@H](C(F)(F)F)C3)c2[C@@H](F)[C@H]1F. The number of hydrogen-bond acceptors (Lipinski definition) is 3. The van der Waals surface area contributed by atoms with Crippen molar-refractivity contribution in [3.8, 4) is 0 Å². The molecule has 2 heterocycles. The summed E-state index contributed by atoms with van der Waals surface area (Å²) in [5.74, 6) is -1.71. The molecule has 4 nitrogen and oxygen atoms in total. The van der Waals surface area contributed by atoms with Crippen molar-refractivity contribution in [3.05, 3.63) is 17.0 Å². The van der Waals surface area contributed by atoms with Gasteiger partial charge in [-0.1, -0.05) is 0 Å². The summed E-state index contributed by atoms with van der Waals surface area (Å²) < 4.78 is 110. The Balaban J connectivity index is 2.06. The maximum absolute atomic E-state index is 14.0. The van der Waals surface area contributed by atoms with E-state index in [4.69, 9.17) is 0 Å². The quantitative estimate of drug-likeness (QED) is 0.700. The van der Waals surface area contributed by atoms with Crippen LogP contribution in [0.25, 0.3) is 0 Å². The van der Waals surface area contributed by atoms with E-state index in [0.717, 1.165) is 0 Å². The highest BCUT2D eigenvalue weighted by Crippen LogP contribution is 2.45. The second-order valence-electron chi connectivity index (χ2n) is 5.80. The van der Waals surface area contributed by atoms with Gasteiger partial charge in [0.05, 0.1) is 17.3 Å². The van der Waals surface area contributed by atoms with Crippen LogP contribution >= 0.6 is 0 Å². The molecule has 1 aliphatic carbocycles. The van der Waals surface area contributed by atoms with Gasteiger partial charge in [0.2, 0.25) is 5.78 Å². The first kappa shape index (κ1) is 18.1. The Hall–Kier alpha value is -1.72. The number of ketones is 1. The molecule has 1 aromatic rings. The molecule has 12 heteroatoms. The van der Waals surface area contributed by atoms with Gasteiger partial charge in [0.25, 0.3) is 0 Å². The van der Waals surface area contributed by atoms with E-state index in [2.05, 4.69) is 9.84 Å². The standard InChI is InChI=1S/C13H10F8N2O2/c14-7-8(15)10(24)6-9(7)23(22-11(6)13(19,20)21)4-1-2-25-5(3-4)12(16,17)18/h4-5,7-8H,1-3H2/t4-,5-,7-,8+/m0/s1. The van der Waals surface area contributed by atoms with Crippen molar-refractivity contribution in [2.75, 3.05) is 6.61 Å². The van der Waals surface area contributed by atoms with Crippen molar-refractivity contribution in [2.24, 2.45) is 0 Å². The summed E-state index contributed by atoms with van der Waals surface area (Å²) >= 11 is 0. The summed E-state index contributed by atoms with van der Waals surface area (Å²) in [6, 6.07) is -1.30. The third kappa shape index (κ3) is 2.89. The van der Waals surface area contributed by atoms with Crippen LogP contribution in [0.3, 0.4) is 0 Å². The van der Waals surface area contributed by atoms with Gasteiger partial charge in [-0.05, 0) is 6.42 Å². The lowest BCUT2D eigenvalue weighted by Crippen LogP contribution is -2.39. The molecule has 25 heavy (non-hydrogen) atoms. The van der Waals surface area contributed by atoms with Crippen molar-refractivity contribution < 1.29 is 44.7 Å². The molecule has 1 saturated heterocycles. The number of nitrogens with zero attached hydrogens (tertiary/aromatic N) is 2. The molecule has 2 aliphatic rings. The van der Waals surface area contributed by atoms with E-state index in [1.165, 1.54) is 0 Å². The Kier molecular flexibility index (Phi) is 4.08. The van der Waals surface area contributed by atoms with Gasteiger partial charge in [-0.15, -0.1) is 0 Å². The maximum Gasteiger partial charge on any atom is 0.435 e. The normalized spacial score (nSPS) is 30.6. The number of alkyl halides is 8. The van der Waals surface area contributed by atoms with Crippen molar-refractivity contribution in [3.63, 3.8) is 0 Å². The van der Waals surface area contributed by atoms with E-state index in [1.807, 2.05) is 0 Å². The average Bonchev–Trinajstić information content (AvgIpc) is 3.00. The molecule has 0 spiro atoms. The van der Waals surface area contributed by atoms with Crippen LogP contribution in [0.2, 0.25) is 0 Å². The Bertz CT molecular complexity index is 695. The van der Waals surface area contributed by atoms with Crippen LogP contribution in [0.4, 0.5) is 35.1 Å². The highest BCUT2D eigenvalue weighted by Gasteiger charge is 2.53. The summed E-state index contributed by atoms with van der Waals surface area (Å²) in [6.07, 6.45) is -18.8. The summed E-state index contributed by atoms with van der Waals surface area (Å²) in [6.45, 7) is -0.450. The number of carbonyl (C=O) groups excluding carboxylic acids is 1. The molecule has 1 fully saturated rings. The minimum Gasteiger partial charge on any atom is -0.369 e. The first-order valence-corrected chi connectivity index (χ1v) is 7.13. The highest BCUT2D eigenvalue weighted by atomic mass is 19.4. The Morgan fingerprint density at radius 2 is 1.72 bits per heavy atom. The average molecular weight is 378 g/mol. The van der Waals surface area contributed by atoms with Gasteiger partial charge in [0.1, 0.15) is 0 Å². The van der Waals surface area contributed by atoms with Crippen molar-refractivity contribution in [2.45, 2.75) is 49.7 Å². The van der Waals surface area contributed by atoms with E-state index < -0.39 is 72.6 Å². The van der Waals surface area contributed by atoms with E-state index in [1.54, 1.807) is 0 Å². The molecular formula is C13H10F8N2O2. The zero-order valence-electron chi connectivity index (χ0n) is 12.2. The van der Waals surface area contributed by atoms with Crippen LogP contribution in [0.1, 0.15) is 46.8 Å². The molecule has 140 valence electrons. The summed E-state index contributed by atoms with van der Waals surface area (Å²) in [7, 11) is 0. The molecule has 0 radical (unpaired) electrons. The molecule has 0 saturated carbocycles. The van der Waals surface area contributed by atoms with Crippen LogP contribution in [-0.4, -0.2) is 40.6 Å². The first-order valence-electron chi connectivity index (χ1n) is 7.13. The van der Waals surface area contributed by atoms with Crippen LogP contribution in [0.15, 0.2) is 0 Å². The first-order chi connectivity index (χ1) is 11.4. The van der Waals surface area contributed by atoms with E-state index in [-0.39, 0.29) is 6.42 Å². The molecule has 0 unspecified atom stereocenters. The van der Waals surface area contributed by atoms with Crippen molar-refractivity contribution >= 4 is 5.78 Å². The minimum absolute atomic E-state index is 0.185. The fourth-order valence-electron chi connectivity index (χ4n) is 3.07. The summed E-state index contributed by atoms with van der Waals surface area (Å²) in [5, 5.41) is 3.12. The van der Waals surface area contributed by atoms with Crippen LogP contribution < -0.4 is 0 Å². The Morgan fingerprint density at radius 3 is 2.28 bits per heavy atom. The van der Waals surface area contributed by atoms with Gasteiger partial charge in [-0.3, -0.25) is 9.48 Å². The molecule has 0 amide bonds. The molecule has 3 rings (SSSR count). The largest absolute Gasteiger partial charge is 0.435 e. The smallest absolute Gasteiger partial charge is 0.369 e. The van der Waals surface area contributed by atoms with Gasteiger partial charge < -0.3 is 4.74 Å². The molecule has 1 aromatic heterocycles. The van der Waals surface area contributed by atoms with Crippen LogP contribution in [0.5, 0.6) is 0 Å². The van der Waals surface area contributed by atoms with Crippen molar-refractivity contribution in [1.82, 2.24) is 9.78 Å². The van der Waals surface area contributed by atoms with E-state index >= 15 is 0 Å². The van der Waals surface area contributed by atoms with Gasteiger partial charge in [0, 0.05) is 13.0 Å². The zero-order valence-corrected chi connectivity index (χ0v) is 12.2. The monoisotopic (exact) mass is 378 g/mol. The summed E-state index contributed by atoms with van der Waals surface area (Å²) in [4.78, 5) is 11.6. The van der Waals surface area contributed by atoms with Crippen LogP contribution in [0, 0.1) is 0 Å². The fourth-order valence-corrected chi connectivity index (χ4v) is 3.07. The number of ether oxygens (including phenoxy) is 1. The molecule has 4 atom stereocenters. The van der Waals surface area contributed by atoms with Crippen molar-refractivity contribution in [1.29, 1.82) is 0 Å². The van der Waals surface area contributed by atoms with E-state index in [9.17, 15) is 39.9 Å². The number of Topliss-reactive ketones (excluding diaryl/α,β-unsaturated/α-hetero) is 1. The number of hydrogen-bond donors (Lipinski definition) is 0. The van der Waals surface area contributed by atoms with Crippen LogP contribution in [-0.2, 0) is 10.9 Å². The molecule has 0 aromatic carbocycles. The van der Waals surface area contributed by atoms with E-state index in [0.29, 0.717) is 4.68 Å². The Labute approximate surface area is 134 Å². The maximum atomic E-state index is 14.0. The minimum atomic E-state index is -5.18. The number of halogens is 8.